The monoisotopic (exact) mass is 408 g/mol. The summed E-state index contributed by atoms with van der Waals surface area (Å²) in [5, 5.41) is 3.43. The van der Waals surface area contributed by atoms with Gasteiger partial charge in [-0.05, 0) is 49.1 Å². The lowest BCUT2D eigenvalue weighted by atomic mass is 10.1. The normalized spacial score (nSPS) is 11.3. The number of nitrogens with one attached hydrogen (secondary N) is 1. The van der Waals surface area contributed by atoms with Gasteiger partial charge in [0.1, 0.15) is 0 Å². The highest BCUT2D eigenvalue weighted by atomic mass is 35.5. The molecule has 0 fully saturated rings. The number of sulfonamides is 1. The molecule has 5 nitrogen and oxygen atoms in total. The molecule has 0 aromatic heterocycles. The van der Waals surface area contributed by atoms with Crippen LogP contribution < -0.4 is 9.62 Å². The number of hydrogen-bond acceptors (Lipinski definition) is 3. The summed E-state index contributed by atoms with van der Waals surface area (Å²) < 4.78 is 25.8. The van der Waals surface area contributed by atoms with E-state index in [0.29, 0.717) is 23.7 Å². The minimum absolute atomic E-state index is 0.135. The Kier molecular flexibility index (Phi) is 7.27. The molecule has 0 atom stereocenters. The number of carbonyl (C=O) groups excluding carboxylic acids is 1. The fraction of sp³-hybridized carbons (Fsp3) is 0.350. The topological polar surface area (TPSA) is 66.5 Å². The average Bonchev–Trinajstić information content (AvgIpc) is 2.59. The zero-order valence-electron chi connectivity index (χ0n) is 15.8. The molecule has 1 amide bonds. The fourth-order valence-corrected chi connectivity index (χ4v) is 3.98. The second kappa shape index (κ2) is 9.24. The Bertz CT molecular complexity index is 913. The summed E-state index contributed by atoms with van der Waals surface area (Å²) in [6.45, 7) is 4.41. The van der Waals surface area contributed by atoms with Crippen molar-refractivity contribution < 1.29 is 13.2 Å². The van der Waals surface area contributed by atoms with Crippen molar-refractivity contribution in [3.63, 3.8) is 0 Å². The molecular weight excluding hydrogens is 384 g/mol. The highest BCUT2D eigenvalue weighted by molar-refractivity contribution is 7.92. The van der Waals surface area contributed by atoms with E-state index in [1.807, 2.05) is 50.2 Å². The Morgan fingerprint density at radius 2 is 1.85 bits per heavy atom. The molecule has 27 heavy (non-hydrogen) atoms. The minimum atomic E-state index is -3.43. The molecule has 2 aromatic carbocycles. The van der Waals surface area contributed by atoms with Gasteiger partial charge in [0.25, 0.3) is 0 Å². The van der Waals surface area contributed by atoms with Crippen molar-refractivity contribution in [1.82, 2.24) is 5.32 Å². The van der Waals surface area contributed by atoms with E-state index in [1.54, 1.807) is 6.07 Å². The van der Waals surface area contributed by atoms with Crippen molar-refractivity contribution >= 4 is 33.2 Å². The van der Waals surface area contributed by atoms with Crippen LogP contribution in [0, 0.1) is 13.8 Å². The average molecular weight is 409 g/mol. The number of amides is 1. The van der Waals surface area contributed by atoms with E-state index >= 15 is 0 Å². The van der Waals surface area contributed by atoms with Gasteiger partial charge in [0.2, 0.25) is 15.9 Å². The third-order valence-electron chi connectivity index (χ3n) is 4.23. The van der Waals surface area contributed by atoms with Crippen LogP contribution in [0.2, 0.25) is 5.02 Å². The van der Waals surface area contributed by atoms with E-state index in [1.165, 1.54) is 10.6 Å². The first-order valence-corrected chi connectivity index (χ1v) is 11.0. The van der Waals surface area contributed by atoms with Gasteiger partial charge in [0.15, 0.2) is 0 Å². The number of aryl methyl sites for hydroxylation is 2. The standard InChI is InChI=1S/C20H25ClN2O3S/c1-15-10-11-16(2)19(13-15)23(27(3,25)26)12-6-9-20(24)22-14-17-7-4-5-8-18(17)21/h4-5,7-8,10-11,13H,6,9,12,14H2,1-3H3,(H,22,24). The molecule has 0 saturated heterocycles. The molecule has 0 aliphatic rings. The van der Waals surface area contributed by atoms with Crippen molar-refractivity contribution in [2.75, 3.05) is 17.1 Å². The predicted molar refractivity (Wildman–Crippen MR) is 111 cm³/mol. The summed E-state index contributed by atoms with van der Waals surface area (Å²) >= 11 is 6.07. The molecule has 1 N–H and O–H groups in total. The van der Waals surface area contributed by atoms with Gasteiger partial charge < -0.3 is 5.32 Å². The van der Waals surface area contributed by atoms with Crippen molar-refractivity contribution in [1.29, 1.82) is 0 Å². The van der Waals surface area contributed by atoms with Crippen LogP contribution in [-0.2, 0) is 21.4 Å². The summed E-state index contributed by atoms with van der Waals surface area (Å²) in [6.07, 6.45) is 1.85. The Morgan fingerprint density at radius 1 is 1.15 bits per heavy atom. The van der Waals surface area contributed by atoms with E-state index < -0.39 is 10.0 Å². The first kappa shape index (κ1) is 21.3. The maximum atomic E-state index is 12.2. The zero-order valence-corrected chi connectivity index (χ0v) is 17.4. The van der Waals surface area contributed by atoms with Crippen molar-refractivity contribution in [3.8, 4) is 0 Å². The molecule has 0 unspecified atom stereocenters. The molecule has 0 aliphatic carbocycles. The van der Waals surface area contributed by atoms with Crippen LogP contribution in [-0.4, -0.2) is 27.1 Å². The number of benzene rings is 2. The Labute approximate surface area is 166 Å². The summed E-state index contributed by atoms with van der Waals surface area (Å²) in [7, 11) is -3.43. The fourth-order valence-electron chi connectivity index (χ4n) is 2.76. The van der Waals surface area contributed by atoms with E-state index in [9.17, 15) is 13.2 Å². The summed E-state index contributed by atoms with van der Waals surface area (Å²) in [5.41, 5.74) is 3.38. The van der Waals surface area contributed by atoms with E-state index in [-0.39, 0.29) is 18.9 Å². The second-order valence-corrected chi connectivity index (χ2v) is 8.91. The van der Waals surface area contributed by atoms with Crippen LogP contribution in [0.5, 0.6) is 0 Å². The minimum Gasteiger partial charge on any atom is -0.352 e. The van der Waals surface area contributed by atoms with Crippen LogP contribution in [0.3, 0.4) is 0 Å². The van der Waals surface area contributed by atoms with Gasteiger partial charge in [-0.15, -0.1) is 0 Å². The van der Waals surface area contributed by atoms with E-state index in [0.717, 1.165) is 16.7 Å². The zero-order chi connectivity index (χ0) is 20.0. The number of carbonyl (C=O) groups is 1. The predicted octanol–water partition coefficient (Wildman–Crippen LogP) is 3.82. The van der Waals surface area contributed by atoms with E-state index in [4.69, 9.17) is 11.6 Å². The largest absolute Gasteiger partial charge is 0.352 e. The van der Waals surface area contributed by atoms with Gasteiger partial charge in [0.05, 0.1) is 11.9 Å². The first-order chi connectivity index (χ1) is 12.7. The van der Waals surface area contributed by atoms with Crippen LogP contribution >= 0.6 is 11.6 Å². The molecule has 0 heterocycles. The van der Waals surface area contributed by atoms with Gasteiger partial charge in [-0.3, -0.25) is 9.10 Å². The Balaban J connectivity index is 1.95. The number of rotatable bonds is 8. The van der Waals surface area contributed by atoms with Gasteiger partial charge in [-0.2, -0.15) is 0 Å². The quantitative estimate of drug-likeness (QED) is 0.722. The number of halogens is 1. The molecule has 7 heteroatoms. The lowest BCUT2D eigenvalue weighted by Crippen LogP contribution is -2.32. The third kappa shape index (κ3) is 6.26. The van der Waals surface area contributed by atoms with E-state index in [2.05, 4.69) is 5.32 Å². The maximum Gasteiger partial charge on any atom is 0.232 e. The van der Waals surface area contributed by atoms with Crippen LogP contribution in [0.4, 0.5) is 5.69 Å². The third-order valence-corrected chi connectivity index (χ3v) is 5.78. The number of nitrogens with zero attached hydrogens (tertiary/aromatic N) is 1. The van der Waals surface area contributed by atoms with Gasteiger partial charge in [-0.1, -0.05) is 41.9 Å². The van der Waals surface area contributed by atoms with Gasteiger partial charge in [-0.25, -0.2) is 8.42 Å². The molecule has 0 aliphatic heterocycles. The smallest absolute Gasteiger partial charge is 0.232 e. The van der Waals surface area contributed by atoms with Crippen LogP contribution in [0.25, 0.3) is 0 Å². The Hall–Kier alpha value is -2.05. The molecule has 146 valence electrons. The maximum absolute atomic E-state index is 12.2. The lowest BCUT2D eigenvalue weighted by molar-refractivity contribution is -0.121. The molecule has 0 saturated carbocycles. The van der Waals surface area contributed by atoms with Crippen LogP contribution in [0.1, 0.15) is 29.5 Å². The van der Waals surface area contributed by atoms with Crippen molar-refractivity contribution in [3.05, 3.63) is 64.2 Å². The van der Waals surface area contributed by atoms with Gasteiger partial charge in [0, 0.05) is 24.5 Å². The first-order valence-electron chi connectivity index (χ1n) is 8.73. The molecule has 2 rings (SSSR count). The summed E-state index contributed by atoms with van der Waals surface area (Å²) in [5.74, 6) is -0.135. The lowest BCUT2D eigenvalue weighted by Gasteiger charge is -2.24. The van der Waals surface area contributed by atoms with Crippen molar-refractivity contribution in [2.24, 2.45) is 0 Å². The molecule has 0 bridgehead atoms. The summed E-state index contributed by atoms with van der Waals surface area (Å²) in [4.78, 5) is 12.1. The number of hydrogen-bond donors (Lipinski definition) is 1. The highest BCUT2D eigenvalue weighted by Crippen LogP contribution is 2.24. The molecule has 0 spiro atoms. The molecule has 2 aromatic rings. The van der Waals surface area contributed by atoms with Gasteiger partial charge >= 0.3 is 0 Å². The summed E-state index contributed by atoms with van der Waals surface area (Å²) in [6, 6.07) is 13.0. The van der Waals surface area contributed by atoms with Crippen molar-refractivity contribution in [2.45, 2.75) is 33.2 Å². The number of anilines is 1. The second-order valence-electron chi connectivity index (χ2n) is 6.60. The molecule has 0 radical (unpaired) electrons. The highest BCUT2D eigenvalue weighted by Gasteiger charge is 2.19. The Morgan fingerprint density at radius 3 is 2.52 bits per heavy atom. The SMILES string of the molecule is Cc1ccc(C)c(N(CCCC(=O)NCc2ccccc2Cl)S(C)(=O)=O)c1. The molecular formula is C20H25ClN2O3S. The van der Waals surface area contributed by atoms with Crippen LogP contribution in [0.15, 0.2) is 42.5 Å².